The molecule has 0 nitrogen and oxygen atoms in total. The lowest BCUT2D eigenvalue weighted by Gasteiger charge is -2.42. The summed E-state index contributed by atoms with van der Waals surface area (Å²) in [6, 6.07) is 23.0. The van der Waals surface area contributed by atoms with Gasteiger partial charge in [0.05, 0.1) is 8.07 Å². The Morgan fingerprint density at radius 2 is 1.39 bits per heavy atom. The van der Waals surface area contributed by atoms with Crippen molar-refractivity contribution in [1.29, 1.82) is 0 Å². The molecule has 33 heavy (non-hydrogen) atoms. The zero-order valence-corrected chi connectivity index (χ0v) is 21.8. The summed E-state index contributed by atoms with van der Waals surface area (Å²) in [5.41, 5.74) is 11.7. The first-order valence-electron chi connectivity index (χ1n) is 13.3. The van der Waals surface area contributed by atoms with E-state index in [4.69, 9.17) is 0 Å². The average Bonchev–Trinajstić information content (AvgIpc) is 3.34. The maximum absolute atomic E-state index is 2.75. The van der Waals surface area contributed by atoms with Crippen LogP contribution in [0.3, 0.4) is 0 Å². The highest BCUT2D eigenvalue weighted by atomic mass is 28.3. The Morgan fingerprint density at radius 3 is 2.27 bits per heavy atom. The molecule has 0 aliphatic heterocycles. The van der Waals surface area contributed by atoms with E-state index in [1.807, 2.05) is 11.1 Å². The van der Waals surface area contributed by atoms with Gasteiger partial charge in [-0.05, 0) is 94.5 Å². The van der Waals surface area contributed by atoms with Gasteiger partial charge < -0.3 is 0 Å². The van der Waals surface area contributed by atoms with Crippen LogP contribution in [0.4, 0.5) is 0 Å². The Labute approximate surface area is 201 Å². The van der Waals surface area contributed by atoms with E-state index in [0.29, 0.717) is 0 Å². The third-order valence-electron chi connectivity index (χ3n) is 9.47. The molecule has 170 valence electrons. The van der Waals surface area contributed by atoms with Crippen LogP contribution in [0.2, 0.25) is 18.6 Å². The fourth-order valence-corrected chi connectivity index (χ4v) is 14.4. The van der Waals surface area contributed by atoms with Crippen molar-refractivity contribution >= 4 is 18.8 Å². The summed E-state index contributed by atoms with van der Waals surface area (Å²) >= 11 is 0. The molecule has 3 aliphatic carbocycles. The van der Waals surface area contributed by atoms with E-state index in [1.54, 1.807) is 11.1 Å². The predicted octanol–water partition coefficient (Wildman–Crippen LogP) is 9.31. The number of hydrogen-bond donors (Lipinski definition) is 0. The molecule has 0 amide bonds. The molecule has 0 bridgehead atoms. The van der Waals surface area contributed by atoms with E-state index in [2.05, 4.69) is 87.6 Å². The lowest BCUT2D eigenvalue weighted by Crippen LogP contribution is -2.44. The van der Waals surface area contributed by atoms with Crippen LogP contribution in [-0.2, 0) is 6.42 Å². The second-order valence-corrected chi connectivity index (χ2v) is 16.8. The van der Waals surface area contributed by atoms with Gasteiger partial charge in [0.15, 0.2) is 0 Å². The van der Waals surface area contributed by atoms with Crippen molar-refractivity contribution in [2.24, 2.45) is 11.8 Å². The Balaban J connectivity index is 1.46. The molecule has 6 rings (SSSR count). The minimum Gasteiger partial charge on any atom is -0.0707 e. The molecule has 3 aliphatic rings. The molecule has 1 heteroatoms. The highest BCUT2D eigenvalue weighted by molar-refractivity contribution is 6.81. The first-order chi connectivity index (χ1) is 16.0. The van der Waals surface area contributed by atoms with Gasteiger partial charge in [-0.3, -0.25) is 0 Å². The molecule has 0 fully saturated rings. The van der Waals surface area contributed by atoms with Gasteiger partial charge in [-0.25, -0.2) is 0 Å². The third kappa shape index (κ3) is 3.30. The molecular formula is C32H38Si. The quantitative estimate of drug-likeness (QED) is 0.275. The molecule has 0 radical (unpaired) electrons. The van der Waals surface area contributed by atoms with E-state index < -0.39 is 8.07 Å². The van der Waals surface area contributed by atoms with E-state index >= 15 is 0 Å². The van der Waals surface area contributed by atoms with Crippen LogP contribution >= 0.6 is 0 Å². The van der Waals surface area contributed by atoms with E-state index in [0.717, 1.165) is 22.9 Å². The van der Waals surface area contributed by atoms with Gasteiger partial charge in [-0.2, -0.15) is 0 Å². The van der Waals surface area contributed by atoms with Crippen LogP contribution in [0.25, 0.3) is 21.9 Å². The Kier molecular flexibility index (Phi) is 5.18. The van der Waals surface area contributed by atoms with Crippen LogP contribution in [0.1, 0.15) is 62.6 Å². The van der Waals surface area contributed by atoms with E-state index in [-0.39, 0.29) is 0 Å². The molecule has 0 heterocycles. The number of rotatable bonds is 3. The van der Waals surface area contributed by atoms with Crippen molar-refractivity contribution in [3.63, 3.8) is 0 Å². The average molecular weight is 451 g/mol. The van der Waals surface area contributed by atoms with Crippen molar-refractivity contribution < 1.29 is 0 Å². The molecule has 0 saturated heterocycles. The first-order valence-corrected chi connectivity index (χ1v) is 16.4. The van der Waals surface area contributed by atoms with E-state index in [1.165, 1.54) is 60.4 Å². The Bertz CT molecular complexity index is 1240. The molecule has 2 unspecified atom stereocenters. The maximum Gasteiger partial charge on any atom is 0.0630 e. The molecular weight excluding hydrogens is 412 g/mol. The summed E-state index contributed by atoms with van der Waals surface area (Å²) in [6.45, 7) is 10.6. The Hall–Kier alpha value is -2.12. The number of fused-ring (bicyclic) bond motifs is 2. The van der Waals surface area contributed by atoms with Crippen LogP contribution in [0.5, 0.6) is 0 Å². The highest BCUT2D eigenvalue weighted by Gasteiger charge is 2.51. The second-order valence-electron chi connectivity index (χ2n) is 11.9. The standard InChI is InChI=1S/C32H38Si/c1-21-19-24-12-6-8-15-26(24)31(21)33(3,4)32-22(2)20-30-28(17-10-18-29(30)32)27-16-9-13-23-11-5-7-14-25(23)27/h5,7,9-11,13-14,16-18,21-22,31-32H,6,8,12,15,19-20H2,1-4H3/t21-,22?,31?,32-/m1/s1. The lowest BCUT2D eigenvalue weighted by molar-refractivity contribution is 0.548. The summed E-state index contributed by atoms with van der Waals surface area (Å²) in [4.78, 5) is 0. The summed E-state index contributed by atoms with van der Waals surface area (Å²) in [5, 5.41) is 2.74. The summed E-state index contributed by atoms with van der Waals surface area (Å²) < 4.78 is 0. The third-order valence-corrected chi connectivity index (χ3v) is 14.5. The van der Waals surface area contributed by atoms with Crippen LogP contribution < -0.4 is 0 Å². The minimum absolute atomic E-state index is 0.748. The normalized spacial score (nSPS) is 27.2. The summed E-state index contributed by atoms with van der Waals surface area (Å²) in [5.74, 6) is 1.60. The number of allylic oxidation sites excluding steroid dienone is 2. The highest BCUT2D eigenvalue weighted by Crippen LogP contribution is 2.58. The fraction of sp³-hybridized carbons (Fsp3) is 0.438. The van der Waals surface area contributed by atoms with Crippen LogP contribution in [0, 0.1) is 11.8 Å². The van der Waals surface area contributed by atoms with Crippen molar-refractivity contribution in [2.75, 3.05) is 0 Å². The number of benzene rings is 3. The van der Waals surface area contributed by atoms with Gasteiger partial charge in [0, 0.05) is 0 Å². The lowest BCUT2D eigenvalue weighted by atomic mass is 9.93. The predicted molar refractivity (Wildman–Crippen MR) is 145 cm³/mol. The zero-order chi connectivity index (χ0) is 22.7. The topological polar surface area (TPSA) is 0 Å². The van der Waals surface area contributed by atoms with Crippen LogP contribution in [-0.4, -0.2) is 8.07 Å². The van der Waals surface area contributed by atoms with Gasteiger partial charge in [-0.15, -0.1) is 0 Å². The monoisotopic (exact) mass is 450 g/mol. The van der Waals surface area contributed by atoms with Gasteiger partial charge in [-0.1, -0.05) is 98.8 Å². The fourth-order valence-electron chi connectivity index (χ4n) is 8.54. The summed E-state index contributed by atoms with van der Waals surface area (Å²) in [7, 11) is -1.56. The molecule has 3 aromatic carbocycles. The summed E-state index contributed by atoms with van der Waals surface area (Å²) in [6.07, 6.45) is 8.27. The van der Waals surface area contributed by atoms with Crippen molar-refractivity contribution in [3.05, 3.63) is 82.9 Å². The van der Waals surface area contributed by atoms with Crippen molar-refractivity contribution in [3.8, 4) is 11.1 Å². The molecule has 4 atom stereocenters. The smallest absolute Gasteiger partial charge is 0.0630 e. The van der Waals surface area contributed by atoms with Gasteiger partial charge in [0.2, 0.25) is 0 Å². The van der Waals surface area contributed by atoms with Crippen molar-refractivity contribution in [2.45, 2.75) is 76.5 Å². The van der Waals surface area contributed by atoms with Gasteiger partial charge in [0.1, 0.15) is 0 Å². The molecule has 0 spiro atoms. The largest absolute Gasteiger partial charge is 0.0707 e. The maximum atomic E-state index is 2.75. The minimum atomic E-state index is -1.56. The molecule has 0 aromatic heterocycles. The molecule has 3 aromatic rings. The van der Waals surface area contributed by atoms with E-state index in [9.17, 15) is 0 Å². The van der Waals surface area contributed by atoms with Crippen molar-refractivity contribution in [1.82, 2.24) is 0 Å². The Morgan fingerprint density at radius 1 is 0.697 bits per heavy atom. The SMILES string of the molecule is CC1Cc2c(-c3cccc4ccccc34)cccc2[C@@H]1[Si](C)(C)C1C2=C(CCCC2)C[C@H]1C. The van der Waals surface area contributed by atoms with Gasteiger partial charge >= 0.3 is 0 Å². The van der Waals surface area contributed by atoms with Crippen LogP contribution in [0.15, 0.2) is 71.8 Å². The molecule has 0 N–H and O–H groups in total. The second kappa shape index (κ2) is 7.98. The molecule has 0 saturated carbocycles. The zero-order valence-electron chi connectivity index (χ0n) is 20.8. The first kappa shape index (κ1) is 21.4. The van der Waals surface area contributed by atoms with Gasteiger partial charge in [0.25, 0.3) is 0 Å². The number of hydrogen-bond acceptors (Lipinski definition) is 0.